The molecular weight excluding hydrogens is 1330 g/mol. The number of allylic oxidation sites excluding steroid dienone is 6. The van der Waals surface area contributed by atoms with E-state index in [1.807, 2.05) is 0 Å². The minimum absolute atomic E-state index is 0.235. The maximum absolute atomic E-state index is 13.5. The summed E-state index contributed by atoms with van der Waals surface area (Å²) in [6.07, 6.45) is 56.7. The van der Waals surface area contributed by atoms with E-state index in [1.54, 1.807) is 0 Å². The van der Waals surface area contributed by atoms with Crippen molar-refractivity contribution in [2.75, 3.05) is 26.4 Å². The summed E-state index contributed by atoms with van der Waals surface area (Å²) in [5.74, 6) is -0.235. The van der Waals surface area contributed by atoms with Crippen molar-refractivity contribution in [3.63, 3.8) is 0 Å². The zero-order chi connectivity index (χ0) is 76.0. The van der Waals surface area contributed by atoms with Crippen LogP contribution < -0.4 is 5.32 Å². The second-order valence-electron chi connectivity index (χ2n) is 31.4. The summed E-state index contributed by atoms with van der Waals surface area (Å²) in [5.41, 5.74) is 0. The molecule has 17 unspecified atom stereocenters. The molecule has 12 N–H and O–H groups in total. The fraction of sp³-hybridized carbons (Fsp3) is 0.919. The van der Waals surface area contributed by atoms with Gasteiger partial charge in [-0.25, -0.2) is 0 Å². The molecule has 0 radical (unpaired) electrons. The molecule has 0 aromatic rings. The van der Waals surface area contributed by atoms with Gasteiger partial charge in [-0.2, -0.15) is 0 Å². The number of aliphatic hydroxyl groups excluding tert-OH is 11. The zero-order valence-corrected chi connectivity index (χ0v) is 66.5. The van der Waals surface area contributed by atoms with Crippen LogP contribution in [0.2, 0.25) is 0 Å². The Morgan fingerprint density at radius 2 is 0.629 bits per heavy atom. The Morgan fingerprint density at radius 1 is 0.343 bits per heavy atom. The van der Waals surface area contributed by atoms with E-state index < -0.39 is 124 Å². The first-order valence-electron chi connectivity index (χ1n) is 43.7. The SMILES string of the molecule is CCCCCCC/C=C\C/C=C\C/C=C\CCCCCCCCCCCCCCCCCCCCCCC(=O)NC(COC1OC(CO)C(OC2OC(CO)C(OC3OC(CO)C(O)C(O)C3O)C(O)C2O)C(O)C1O)C(O)CCCCCCCCCCCCCCCCCCCCCCCCCCC. The molecule has 0 aliphatic carbocycles. The molecule has 3 heterocycles. The average molecular weight is 1500 g/mol. The van der Waals surface area contributed by atoms with Crippen LogP contribution in [0.5, 0.6) is 0 Å². The smallest absolute Gasteiger partial charge is 0.220 e. The van der Waals surface area contributed by atoms with E-state index in [4.69, 9.17) is 28.4 Å². The van der Waals surface area contributed by atoms with Gasteiger partial charge in [0.1, 0.15) is 73.2 Å². The Balaban J connectivity index is 1.32. The zero-order valence-electron chi connectivity index (χ0n) is 66.5. The molecular formula is C86H161NO18. The summed E-state index contributed by atoms with van der Waals surface area (Å²) >= 11 is 0. The van der Waals surface area contributed by atoms with Crippen LogP contribution in [0.1, 0.15) is 373 Å². The summed E-state index contributed by atoms with van der Waals surface area (Å²) in [5, 5.41) is 121. The third-order valence-corrected chi connectivity index (χ3v) is 22.0. The quantitative estimate of drug-likeness (QED) is 0.0199. The van der Waals surface area contributed by atoms with Crippen LogP contribution in [0.4, 0.5) is 0 Å². The van der Waals surface area contributed by atoms with Crippen molar-refractivity contribution in [2.45, 2.75) is 478 Å². The lowest BCUT2D eigenvalue weighted by Crippen LogP contribution is -2.66. The number of unbranched alkanes of at least 4 members (excludes halogenated alkanes) is 49. The fourth-order valence-electron chi connectivity index (χ4n) is 15.0. The Hall–Kier alpha value is -1.99. The highest BCUT2D eigenvalue weighted by atomic mass is 16.8. The Morgan fingerprint density at radius 3 is 0.981 bits per heavy atom. The van der Waals surface area contributed by atoms with Gasteiger partial charge in [0.2, 0.25) is 5.91 Å². The van der Waals surface area contributed by atoms with Gasteiger partial charge in [-0.3, -0.25) is 4.79 Å². The molecule has 19 nitrogen and oxygen atoms in total. The highest BCUT2D eigenvalue weighted by Gasteiger charge is 2.54. The number of hydrogen-bond donors (Lipinski definition) is 12. The third-order valence-electron chi connectivity index (χ3n) is 22.0. The fourth-order valence-corrected chi connectivity index (χ4v) is 15.0. The van der Waals surface area contributed by atoms with E-state index in [0.717, 1.165) is 57.8 Å². The average Bonchev–Trinajstić information content (AvgIpc) is 0.781. The number of nitrogens with one attached hydrogen (secondary N) is 1. The molecule has 3 saturated heterocycles. The first-order chi connectivity index (χ1) is 51.3. The molecule has 0 aromatic carbocycles. The van der Waals surface area contributed by atoms with Crippen LogP contribution >= 0.6 is 0 Å². The standard InChI is InChI=1S/C86H161NO18/c1-3-5-7-9-11-13-15-17-19-21-23-25-27-29-30-31-32-33-34-35-36-37-38-40-42-44-46-48-50-52-54-56-58-60-62-64-74(92)87-69(70(91)63-61-59-57-55-53-51-49-47-45-43-41-39-28-26-24-22-20-18-16-14-12-10-8-6-4-2)68-100-84-80(98)77(95)82(72(66-89)102-84)105-86-81(99)78(96)83(73(67-90)103-86)104-85-79(97)76(94)75(93)71(65-88)101-85/h15,17,21,23,27,29,69-73,75-86,88-91,93-99H,3-14,16,18-20,22,24-26,28,30-68H2,1-2H3,(H,87,92)/b17-15-,23-21-,29-27-. The van der Waals surface area contributed by atoms with Crippen molar-refractivity contribution in [2.24, 2.45) is 0 Å². The van der Waals surface area contributed by atoms with Crippen LogP contribution in [0, 0.1) is 0 Å². The molecule has 0 aromatic heterocycles. The lowest BCUT2D eigenvalue weighted by molar-refractivity contribution is -0.379. The minimum Gasteiger partial charge on any atom is -0.394 e. The summed E-state index contributed by atoms with van der Waals surface area (Å²) < 4.78 is 34.6. The van der Waals surface area contributed by atoms with Crippen molar-refractivity contribution < 1.29 is 89.4 Å². The number of rotatable bonds is 71. The van der Waals surface area contributed by atoms with Gasteiger partial charge in [-0.1, -0.05) is 352 Å². The normalized spacial score (nSPS) is 25.9. The van der Waals surface area contributed by atoms with Crippen molar-refractivity contribution in [1.29, 1.82) is 0 Å². The van der Waals surface area contributed by atoms with Gasteiger partial charge >= 0.3 is 0 Å². The first kappa shape index (κ1) is 97.2. The highest BCUT2D eigenvalue weighted by Crippen LogP contribution is 2.34. The van der Waals surface area contributed by atoms with Gasteiger partial charge in [0.15, 0.2) is 18.9 Å². The van der Waals surface area contributed by atoms with Gasteiger partial charge in [0, 0.05) is 6.42 Å². The molecule has 3 aliphatic heterocycles. The van der Waals surface area contributed by atoms with Gasteiger partial charge in [0.05, 0.1) is 38.6 Å². The summed E-state index contributed by atoms with van der Waals surface area (Å²) in [6.45, 7) is 1.85. The van der Waals surface area contributed by atoms with Gasteiger partial charge < -0.3 is 89.9 Å². The van der Waals surface area contributed by atoms with Crippen molar-refractivity contribution in [1.82, 2.24) is 5.32 Å². The van der Waals surface area contributed by atoms with E-state index in [-0.39, 0.29) is 18.9 Å². The lowest BCUT2D eigenvalue weighted by atomic mass is 9.96. The molecule has 17 atom stereocenters. The maximum atomic E-state index is 13.5. The topological polar surface area (TPSA) is 307 Å². The maximum Gasteiger partial charge on any atom is 0.220 e. The second kappa shape index (κ2) is 66.6. The van der Waals surface area contributed by atoms with Crippen LogP contribution in [-0.2, 0) is 33.2 Å². The van der Waals surface area contributed by atoms with E-state index in [9.17, 15) is 61.0 Å². The number of hydrogen-bond acceptors (Lipinski definition) is 18. The number of ether oxygens (including phenoxy) is 6. The Bertz CT molecular complexity index is 2030. The van der Waals surface area contributed by atoms with Crippen molar-refractivity contribution >= 4 is 5.91 Å². The largest absolute Gasteiger partial charge is 0.394 e. The minimum atomic E-state index is -1.97. The monoisotopic (exact) mass is 1500 g/mol. The number of amides is 1. The molecule has 3 fully saturated rings. The van der Waals surface area contributed by atoms with Gasteiger partial charge in [-0.15, -0.1) is 0 Å². The molecule has 105 heavy (non-hydrogen) atoms. The van der Waals surface area contributed by atoms with Gasteiger partial charge in [-0.05, 0) is 51.4 Å². The Kier molecular flexibility index (Phi) is 61.7. The van der Waals surface area contributed by atoms with Crippen LogP contribution in [0.25, 0.3) is 0 Å². The molecule has 3 rings (SSSR count). The van der Waals surface area contributed by atoms with Crippen molar-refractivity contribution in [3.05, 3.63) is 36.5 Å². The molecule has 19 heteroatoms. The number of carbonyl (C=O) groups is 1. The van der Waals surface area contributed by atoms with E-state index in [0.29, 0.717) is 12.8 Å². The van der Waals surface area contributed by atoms with Crippen LogP contribution in [-0.4, -0.2) is 193 Å². The lowest BCUT2D eigenvalue weighted by Gasteiger charge is -2.48. The van der Waals surface area contributed by atoms with Crippen LogP contribution in [0.15, 0.2) is 36.5 Å². The van der Waals surface area contributed by atoms with Gasteiger partial charge in [0.25, 0.3) is 0 Å². The number of aliphatic hydroxyl groups is 11. The third kappa shape index (κ3) is 46.0. The first-order valence-corrected chi connectivity index (χ1v) is 43.7. The van der Waals surface area contributed by atoms with Crippen molar-refractivity contribution in [3.8, 4) is 0 Å². The van der Waals surface area contributed by atoms with Crippen LogP contribution in [0.3, 0.4) is 0 Å². The summed E-state index contributed by atoms with van der Waals surface area (Å²) in [4.78, 5) is 13.5. The van der Waals surface area contributed by atoms with E-state index in [2.05, 4.69) is 55.6 Å². The molecule has 618 valence electrons. The molecule has 1 amide bonds. The molecule has 0 saturated carbocycles. The highest BCUT2D eigenvalue weighted by molar-refractivity contribution is 5.76. The predicted molar refractivity (Wildman–Crippen MR) is 420 cm³/mol. The summed E-state index contributed by atoms with van der Waals surface area (Å²) in [7, 11) is 0. The number of carbonyl (C=O) groups excluding carboxylic acids is 1. The van der Waals surface area contributed by atoms with E-state index in [1.165, 1.54) is 283 Å². The molecule has 3 aliphatic rings. The predicted octanol–water partition coefficient (Wildman–Crippen LogP) is 15.9. The molecule has 0 bridgehead atoms. The Labute approximate surface area is 638 Å². The second-order valence-corrected chi connectivity index (χ2v) is 31.4. The molecule has 0 spiro atoms. The van der Waals surface area contributed by atoms with E-state index >= 15 is 0 Å². The summed E-state index contributed by atoms with van der Waals surface area (Å²) in [6, 6.07) is -0.888.